The topological polar surface area (TPSA) is 83.1 Å². The summed E-state index contributed by atoms with van der Waals surface area (Å²) in [4.78, 5) is 20.0. The van der Waals surface area contributed by atoms with Crippen LogP contribution in [0.1, 0.15) is 33.8 Å². The summed E-state index contributed by atoms with van der Waals surface area (Å²) in [6.45, 7) is 3.94. The van der Waals surface area contributed by atoms with Crippen molar-refractivity contribution in [2.75, 3.05) is 20.2 Å². The third-order valence-corrected chi connectivity index (χ3v) is 8.05. The summed E-state index contributed by atoms with van der Waals surface area (Å²) in [6, 6.07) is 16.6. The molecule has 1 fully saturated rings. The lowest BCUT2D eigenvalue weighted by Gasteiger charge is -2.33. The van der Waals surface area contributed by atoms with Gasteiger partial charge in [-0.25, -0.2) is 9.37 Å². The molecular formula is C29H28FN5O2S. The molecule has 0 unspecified atom stereocenters. The van der Waals surface area contributed by atoms with E-state index in [-0.39, 0.29) is 17.8 Å². The molecule has 2 N–H and O–H groups in total. The summed E-state index contributed by atoms with van der Waals surface area (Å²) in [5.74, 6) is 0.150. The number of aromatic amines is 1. The predicted octanol–water partition coefficient (Wildman–Crippen LogP) is 5.69. The monoisotopic (exact) mass is 529 g/mol. The predicted molar refractivity (Wildman–Crippen MR) is 148 cm³/mol. The van der Waals surface area contributed by atoms with Crippen molar-refractivity contribution in [3.8, 4) is 17.0 Å². The van der Waals surface area contributed by atoms with E-state index in [0.29, 0.717) is 30.0 Å². The normalized spacial score (nSPS) is 16.2. The zero-order valence-corrected chi connectivity index (χ0v) is 22.1. The molecule has 0 spiro atoms. The maximum Gasteiger partial charge on any atom is 0.251 e. The molecule has 1 aliphatic rings. The maximum absolute atomic E-state index is 14.5. The standard InChI is InChI=1S/C29H28FN5O2S/c1-17-31-25-11-8-18(14-27(25)38-17)28-21-13-19(9-10-24(21)33-34-28)29(36)32-20-5-4-12-35(15-20)16-22-23(30)6-3-7-26(22)37-2/h3,6-11,13-14,20H,4-5,12,15-16H2,1-2H3,(H,32,36)(H,33,34)/t20-/m1/s1. The fourth-order valence-corrected chi connectivity index (χ4v) is 6.12. The van der Waals surface area contributed by atoms with Gasteiger partial charge in [0.25, 0.3) is 5.91 Å². The molecule has 0 bridgehead atoms. The van der Waals surface area contributed by atoms with Gasteiger partial charge >= 0.3 is 0 Å². The molecule has 1 saturated heterocycles. The number of likely N-dealkylation sites (tertiary alicyclic amines) is 1. The van der Waals surface area contributed by atoms with Gasteiger partial charge in [-0.15, -0.1) is 11.3 Å². The van der Waals surface area contributed by atoms with Gasteiger partial charge < -0.3 is 10.1 Å². The van der Waals surface area contributed by atoms with Gasteiger partial charge in [0.15, 0.2) is 0 Å². The van der Waals surface area contributed by atoms with Crippen molar-refractivity contribution >= 4 is 38.4 Å². The number of carbonyl (C=O) groups excluding carboxylic acids is 1. The Bertz CT molecular complexity index is 1650. The van der Waals surface area contributed by atoms with E-state index in [2.05, 4.69) is 31.5 Å². The molecule has 1 aliphatic heterocycles. The van der Waals surface area contributed by atoms with Crippen molar-refractivity contribution < 1.29 is 13.9 Å². The van der Waals surface area contributed by atoms with E-state index in [1.807, 2.05) is 37.3 Å². The molecule has 0 saturated carbocycles. The molecule has 194 valence electrons. The Morgan fingerprint density at radius 2 is 2.13 bits per heavy atom. The highest BCUT2D eigenvalue weighted by Gasteiger charge is 2.24. The first kappa shape index (κ1) is 24.5. The first-order chi connectivity index (χ1) is 18.5. The number of fused-ring (bicyclic) bond motifs is 2. The molecular weight excluding hydrogens is 501 g/mol. The van der Waals surface area contributed by atoms with Crippen LogP contribution >= 0.6 is 11.3 Å². The number of carbonyl (C=O) groups is 1. The summed E-state index contributed by atoms with van der Waals surface area (Å²) in [7, 11) is 1.55. The number of rotatable bonds is 6. The van der Waals surface area contributed by atoms with Crippen molar-refractivity contribution in [3.63, 3.8) is 0 Å². The molecule has 38 heavy (non-hydrogen) atoms. The molecule has 9 heteroatoms. The number of H-pyrrole nitrogens is 1. The molecule has 1 atom stereocenters. The number of benzene rings is 3. The van der Waals surface area contributed by atoms with Gasteiger partial charge in [0.05, 0.1) is 33.5 Å². The van der Waals surface area contributed by atoms with Crippen molar-refractivity contribution in [1.82, 2.24) is 25.4 Å². The highest BCUT2D eigenvalue weighted by molar-refractivity contribution is 7.18. The highest BCUT2D eigenvalue weighted by atomic mass is 32.1. The molecule has 7 nitrogen and oxygen atoms in total. The van der Waals surface area contributed by atoms with E-state index in [9.17, 15) is 9.18 Å². The Morgan fingerprint density at radius 3 is 3.00 bits per heavy atom. The number of nitrogens with zero attached hydrogens (tertiary/aromatic N) is 3. The second-order valence-electron chi connectivity index (χ2n) is 9.72. The fourth-order valence-electron chi connectivity index (χ4n) is 5.26. The molecule has 3 heterocycles. The average Bonchev–Trinajstić information content (AvgIpc) is 3.51. The molecule has 3 aromatic carbocycles. The summed E-state index contributed by atoms with van der Waals surface area (Å²) >= 11 is 1.65. The lowest BCUT2D eigenvalue weighted by molar-refractivity contribution is 0.0899. The smallest absolute Gasteiger partial charge is 0.251 e. The van der Waals surface area contributed by atoms with Crippen LogP contribution in [0.2, 0.25) is 0 Å². The Balaban J connectivity index is 1.19. The molecule has 5 aromatic rings. The Labute approximate surface area is 223 Å². The van der Waals surface area contributed by atoms with Crippen LogP contribution in [0.4, 0.5) is 4.39 Å². The van der Waals surface area contributed by atoms with Gasteiger partial charge in [-0.2, -0.15) is 5.10 Å². The van der Waals surface area contributed by atoms with Gasteiger partial charge in [-0.3, -0.25) is 14.8 Å². The summed E-state index contributed by atoms with van der Waals surface area (Å²) in [5, 5.41) is 12.8. The van der Waals surface area contributed by atoms with Gasteiger partial charge in [0, 0.05) is 41.2 Å². The van der Waals surface area contributed by atoms with Crippen LogP contribution in [0, 0.1) is 12.7 Å². The lowest BCUT2D eigenvalue weighted by Crippen LogP contribution is -2.47. The number of hydrogen-bond acceptors (Lipinski definition) is 6. The molecule has 2 aromatic heterocycles. The summed E-state index contributed by atoms with van der Waals surface area (Å²) in [5.41, 5.74) is 4.78. The second kappa shape index (κ2) is 10.2. The van der Waals surface area contributed by atoms with Crippen LogP contribution in [0.3, 0.4) is 0 Å². The highest BCUT2D eigenvalue weighted by Crippen LogP contribution is 2.31. The number of methoxy groups -OCH3 is 1. The van der Waals surface area contributed by atoms with Crippen LogP contribution in [-0.4, -0.2) is 52.2 Å². The fraction of sp³-hybridized carbons (Fsp3) is 0.276. The number of aromatic nitrogens is 3. The molecule has 1 amide bonds. The van der Waals surface area contributed by atoms with Crippen molar-refractivity contribution in [3.05, 3.63) is 76.5 Å². The minimum Gasteiger partial charge on any atom is -0.496 e. The van der Waals surface area contributed by atoms with E-state index in [1.165, 1.54) is 6.07 Å². The van der Waals surface area contributed by atoms with Gasteiger partial charge in [-0.05, 0) is 68.8 Å². The van der Waals surface area contributed by atoms with Gasteiger partial charge in [-0.1, -0.05) is 12.1 Å². The van der Waals surface area contributed by atoms with E-state index in [0.717, 1.165) is 56.8 Å². The summed E-state index contributed by atoms with van der Waals surface area (Å²) < 4.78 is 20.9. The second-order valence-corrected chi connectivity index (χ2v) is 11.0. The van der Waals surface area contributed by atoms with E-state index >= 15 is 0 Å². The van der Waals surface area contributed by atoms with Crippen LogP contribution in [0.5, 0.6) is 5.75 Å². The van der Waals surface area contributed by atoms with E-state index in [1.54, 1.807) is 30.6 Å². The average molecular weight is 530 g/mol. The first-order valence-electron chi connectivity index (χ1n) is 12.7. The van der Waals surface area contributed by atoms with Crippen LogP contribution in [0.15, 0.2) is 54.6 Å². The Kier molecular flexibility index (Phi) is 6.55. The number of aryl methyl sites for hydroxylation is 1. The van der Waals surface area contributed by atoms with Crippen LogP contribution in [-0.2, 0) is 6.54 Å². The van der Waals surface area contributed by atoms with Crippen molar-refractivity contribution in [2.24, 2.45) is 0 Å². The van der Waals surface area contributed by atoms with Crippen LogP contribution < -0.4 is 10.1 Å². The molecule has 6 rings (SSSR count). The number of ether oxygens (including phenoxy) is 1. The van der Waals surface area contributed by atoms with E-state index in [4.69, 9.17) is 4.74 Å². The number of halogens is 1. The van der Waals surface area contributed by atoms with Gasteiger partial charge in [0.1, 0.15) is 11.6 Å². The summed E-state index contributed by atoms with van der Waals surface area (Å²) in [6.07, 6.45) is 1.80. The van der Waals surface area contributed by atoms with Crippen molar-refractivity contribution in [1.29, 1.82) is 0 Å². The zero-order chi connectivity index (χ0) is 26.2. The number of piperidine rings is 1. The number of amides is 1. The molecule has 0 radical (unpaired) electrons. The van der Waals surface area contributed by atoms with Gasteiger partial charge in [0.2, 0.25) is 0 Å². The minimum atomic E-state index is -0.274. The Hall–Kier alpha value is -3.82. The number of nitrogens with one attached hydrogen (secondary N) is 2. The number of thiazole rings is 1. The third kappa shape index (κ3) is 4.75. The zero-order valence-electron chi connectivity index (χ0n) is 21.3. The SMILES string of the molecule is COc1cccc(F)c1CN1CCC[C@@H](NC(=O)c2ccc3[nH]nc(-c4ccc5nc(C)sc5c4)c3c2)C1. The third-order valence-electron chi connectivity index (χ3n) is 7.11. The maximum atomic E-state index is 14.5. The minimum absolute atomic E-state index is 0.0227. The van der Waals surface area contributed by atoms with Crippen molar-refractivity contribution in [2.45, 2.75) is 32.4 Å². The number of hydrogen-bond donors (Lipinski definition) is 2. The van der Waals surface area contributed by atoms with Crippen LogP contribution in [0.25, 0.3) is 32.4 Å². The quantitative estimate of drug-likeness (QED) is 0.295. The Morgan fingerprint density at radius 1 is 1.24 bits per heavy atom. The molecule has 0 aliphatic carbocycles. The first-order valence-corrected chi connectivity index (χ1v) is 13.5. The largest absolute Gasteiger partial charge is 0.496 e. The lowest BCUT2D eigenvalue weighted by atomic mass is 10.0. The van der Waals surface area contributed by atoms with E-state index < -0.39 is 0 Å².